The Morgan fingerprint density at radius 2 is 1.09 bits per heavy atom. The summed E-state index contributed by atoms with van der Waals surface area (Å²) in [7, 11) is 0. The lowest BCUT2D eigenvalue weighted by molar-refractivity contribution is 0.545. The molecule has 0 aromatic rings. The maximum Gasteiger partial charge on any atom is 0.198 e. The van der Waals surface area contributed by atoms with Gasteiger partial charge in [-0.05, 0) is 51.4 Å². The van der Waals surface area contributed by atoms with Crippen molar-refractivity contribution in [3.63, 3.8) is 0 Å². The third-order valence-electron chi connectivity index (χ3n) is 3.61. The molecule has 0 atom stereocenters. The molecule has 0 fully saturated rings. The van der Waals surface area contributed by atoms with Crippen LogP contribution >= 0.6 is 0 Å². The van der Waals surface area contributed by atoms with Crippen LogP contribution in [-0.2, 0) is 4.79 Å². The first kappa shape index (κ1) is 21.6. The molecule has 0 saturated carbocycles. The molecule has 0 rings (SSSR count). The Bertz CT molecular complexity index is 347. The van der Waals surface area contributed by atoms with Crippen LogP contribution in [0.4, 0.5) is 0 Å². The summed E-state index contributed by atoms with van der Waals surface area (Å²) in [5.74, 6) is 0. The van der Waals surface area contributed by atoms with Gasteiger partial charge in [-0.1, -0.05) is 74.8 Å². The van der Waals surface area contributed by atoms with Crippen molar-refractivity contribution in [1.29, 1.82) is 0 Å². The van der Waals surface area contributed by atoms with Gasteiger partial charge in [0, 0.05) is 6.42 Å². The number of hydrogen-bond acceptors (Lipinski definition) is 1. The standard InChI is InChI=1S/C22H35O/c1-2-3-4-5-6-7-8-9-10-11-12-13-14-15-16-17-18-19-20-21-22-23/h6-7,9-10,12-13,15-16H,2-5,8,11,14,17-21H2,1H3/b7-6+,10-9+,13-12+,16-15+. The molecule has 0 aliphatic rings. The number of rotatable bonds is 16. The van der Waals surface area contributed by atoms with Crippen LogP contribution in [-0.4, -0.2) is 6.29 Å². The highest BCUT2D eigenvalue weighted by Gasteiger charge is 1.86. The van der Waals surface area contributed by atoms with E-state index >= 15 is 0 Å². The Hall–Kier alpha value is -1.37. The lowest BCUT2D eigenvalue weighted by atomic mass is 10.1. The minimum Gasteiger partial charge on any atom is -0.291 e. The topological polar surface area (TPSA) is 17.1 Å². The molecule has 0 aromatic carbocycles. The Kier molecular flexibility index (Phi) is 19.4. The highest BCUT2D eigenvalue weighted by atomic mass is 16.1. The predicted octanol–water partition coefficient (Wildman–Crippen LogP) is 7.02. The fraction of sp³-hybridized carbons (Fsp3) is 0.591. The van der Waals surface area contributed by atoms with Crippen molar-refractivity contribution >= 4 is 6.29 Å². The van der Waals surface area contributed by atoms with Gasteiger partial charge in [0.1, 0.15) is 0 Å². The summed E-state index contributed by atoms with van der Waals surface area (Å²) in [4.78, 5) is 10.0. The zero-order chi connectivity index (χ0) is 16.8. The van der Waals surface area contributed by atoms with E-state index in [9.17, 15) is 4.79 Å². The molecule has 0 saturated heterocycles. The Labute approximate surface area is 144 Å². The quantitative estimate of drug-likeness (QED) is 0.221. The molecule has 23 heavy (non-hydrogen) atoms. The first-order chi connectivity index (χ1) is 11.4. The SMILES string of the molecule is CCCCC/C=C/C/C=C/C/C=C/C/C=C/CCCCC[C]=O. The van der Waals surface area contributed by atoms with Crippen molar-refractivity contribution in [3.8, 4) is 0 Å². The van der Waals surface area contributed by atoms with E-state index in [1.807, 2.05) is 6.29 Å². The summed E-state index contributed by atoms with van der Waals surface area (Å²) >= 11 is 0. The molecule has 0 aliphatic carbocycles. The van der Waals surface area contributed by atoms with Gasteiger partial charge < -0.3 is 0 Å². The highest BCUT2D eigenvalue weighted by molar-refractivity contribution is 5.50. The van der Waals surface area contributed by atoms with E-state index in [2.05, 4.69) is 55.5 Å². The minimum absolute atomic E-state index is 0.592. The van der Waals surface area contributed by atoms with Gasteiger partial charge in [0.25, 0.3) is 0 Å². The molecule has 0 unspecified atom stereocenters. The van der Waals surface area contributed by atoms with Crippen LogP contribution in [0.15, 0.2) is 48.6 Å². The minimum atomic E-state index is 0.592. The molecule has 1 radical (unpaired) electrons. The second-order valence-corrected chi connectivity index (χ2v) is 5.83. The number of hydrogen-bond donors (Lipinski definition) is 0. The van der Waals surface area contributed by atoms with Crippen LogP contribution in [0.25, 0.3) is 0 Å². The molecule has 0 bridgehead atoms. The molecule has 0 aromatic heterocycles. The monoisotopic (exact) mass is 315 g/mol. The van der Waals surface area contributed by atoms with E-state index in [0.29, 0.717) is 6.42 Å². The Morgan fingerprint density at radius 3 is 1.57 bits per heavy atom. The second kappa shape index (κ2) is 20.6. The number of carbonyl (C=O) groups excluding carboxylic acids is 1. The van der Waals surface area contributed by atoms with Gasteiger partial charge in [-0.15, -0.1) is 0 Å². The maximum atomic E-state index is 10.0. The zero-order valence-electron chi connectivity index (χ0n) is 15.0. The van der Waals surface area contributed by atoms with Crippen molar-refractivity contribution in [2.45, 2.75) is 84.0 Å². The molecule has 0 spiro atoms. The van der Waals surface area contributed by atoms with E-state index in [1.54, 1.807) is 0 Å². The summed E-state index contributed by atoms with van der Waals surface area (Å²) in [5.41, 5.74) is 0. The molecule has 1 nitrogen and oxygen atoms in total. The van der Waals surface area contributed by atoms with Crippen molar-refractivity contribution in [2.75, 3.05) is 0 Å². The number of unbranched alkanes of at least 4 members (excludes halogenated alkanes) is 7. The van der Waals surface area contributed by atoms with E-state index in [-0.39, 0.29) is 0 Å². The highest BCUT2D eigenvalue weighted by Crippen LogP contribution is 2.03. The first-order valence-corrected chi connectivity index (χ1v) is 9.36. The van der Waals surface area contributed by atoms with Crippen molar-refractivity contribution in [3.05, 3.63) is 48.6 Å². The summed E-state index contributed by atoms with van der Waals surface area (Å²) in [6.07, 6.45) is 33.2. The molecule has 0 amide bonds. The summed E-state index contributed by atoms with van der Waals surface area (Å²) < 4.78 is 0. The predicted molar refractivity (Wildman–Crippen MR) is 103 cm³/mol. The fourth-order valence-electron chi connectivity index (χ4n) is 2.20. The van der Waals surface area contributed by atoms with Crippen molar-refractivity contribution in [2.24, 2.45) is 0 Å². The van der Waals surface area contributed by atoms with Gasteiger partial charge in [0.05, 0.1) is 0 Å². The van der Waals surface area contributed by atoms with Gasteiger partial charge in [-0.25, -0.2) is 0 Å². The first-order valence-electron chi connectivity index (χ1n) is 9.36. The van der Waals surface area contributed by atoms with E-state index in [4.69, 9.17) is 0 Å². The maximum absolute atomic E-state index is 10.0. The van der Waals surface area contributed by atoms with Gasteiger partial charge in [-0.2, -0.15) is 0 Å². The van der Waals surface area contributed by atoms with Gasteiger partial charge >= 0.3 is 0 Å². The van der Waals surface area contributed by atoms with Crippen molar-refractivity contribution in [1.82, 2.24) is 0 Å². The summed E-state index contributed by atoms with van der Waals surface area (Å²) in [6, 6.07) is 0. The van der Waals surface area contributed by atoms with E-state index in [0.717, 1.165) is 38.5 Å². The largest absolute Gasteiger partial charge is 0.291 e. The normalized spacial score (nSPS) is 12.4. The van der Waals surface area contributed by atoms with Crippen molar-refractivity contribution < 1.29 is 4.79 Å². The molecule has 1 heteroatoms. The van der Waals surface area contributed by atoms with Gasteiger partial charge in [-0.3, -0.25) is 4.79 Å². The zero-order valence-corrected chi connectivity index (χ0v) is 15.0. The Morgan fingerprint density at radius 1 is 0.609 bits per heavy atom. The van der Waals surface area contributed by atoms with Crippen LogP contribution in [0.5, 0.6) is 0 Å². The van der Waals surface area contributed by atoms with E-state index in [1.165, 1.54) is 32.1 Å². The molecule has 0 heterocycles. The number of allylic oxidation sites excluding steroid dienone is 8. The molecular weight excluding hydrogens is 280 g/mol. The van der Waals surface area contributed by atoms with Crippen LogP contribution in [0, 0.1) is 0 Å². The third kappa shape index (κ3) is 20.6. The third-order valence-corrected chi connectivity index (χ3v) is 3.61. The van der Waals surface area contributed by atoms with Crippen LogP contribution in [0.1, 0.15) is 84.0 Å². The average molecular weight is 316 g/mol. The smallest absolute Gasteiger partial charge is 0.198 e. The van der Waals surface area contributed by atoms with Crippen LogP contribution in [0.2, 0.25) is 0 Å². The summed E-state index contributed by atoms with van der Waals surface area (Å²) in [5, 5.41) is 0. The van der Waals surface area contributed by atoms with Crippen LogP contribution in [0.3, 0.4) is 0 Å². The van der Waals surface area contributed by atoms with Crippen LogP contribution < -0.4 is 0 Å². The van der Waals surface area contributed by atoms with Gasteiger partial charge in [0.15, 0.2) is 6.29 Å². The molecular formula is C22H35O. The molecule has 0 aliphatic heterocycles. The fourth-order valence-corrected chi connectivity index (χ4v) is 2.20. The molecule has 0 N–H and O–H groups in total. The van der Waals surface area contributed by atoms with E-state index < -0.39 is 0 Å². The lowest BCUT2D eigenvalue weighted by Gasteiger charge is -1.92. The average Bonchev–Trinajstić information content (AvgIpc) is 2.57. The second-order valence-electron chi connectivity index (χ2n) is 5.83. The lowest BCUT2D eigenvalue weighted by Crippen LogP contribution is -1.77. The van der Waals surface area contributed by atoms with Gasteiger partial charge in [0.2, 0.25) is 0 Å². The summed E-state index contributed by atoms with van der Waals surface area (Å²) in [6.45, 7) is 2.24. The Balaban J connectivity index is 3.35. The molecule has 129 valence electrons.